The van der Waals surface area contributed by atoms with Gasteiger partial charge in [0.05, 0.1) is 6.10 Å². The normalized spacial score (nSPS) is 22.7. The molecule has 1 saturated heterocycles. The van der Waals surface area contributed by atoms with Crippen LogP contribution in [0, 0.1) is 5.92 Å². The van der Waals surface area contributed by atoms with E-state index in [1.54, 1.807) is 0 Å². The van der Waals surface area contributed by atoms with Gasteiger partial charge >= 0.3 is 0 Å². The molecule has 1 aliphatic heterocycles. The van der Waals surface area contributed by atoms with Crippen LogP contribution in [0.15, 0.2) is 30.5 Å². The minimum absolute atomic E-state index is 0.401. The zero-order valence-corrected chi connectivity index (χ0v) is 11.5. The molecule has 0 amide bonds. The van der Waals surface area contributed by atoms with E-state index in [4.69, 9.17) is 0 Å². The van der Waals surface area contributed by atoms with Gasteiger partial charge in [0.15, 0.2) is 0 Å². The van der Waals surface area contributed by atoms with Crippen molar-refractivity contribution < 1.29 is 5.11 Å². The van der Waals surface area contributed by atoms with Crippen molar-refractivity contribution in [2.45, 2.75) is 25.9 Å². The fraction of sp³-hybridized carbons (Fsp3) is 0.500. The molecule has 19 heavy (non-hydrogen) atoms. The van der Waals surface area contributed by atoms with Gasteiger partial charge in [-0.05, 0) is 31.4 Å². The number of aromatic amines is 1. The van der Waals surface area contributed by atoms with Crippen LogP contribution in [0.4, 0.5) is 0 Å². The fourth-order valence-electron chi connectivity index (χ4n) is 3.17. The quantitative estimate of drug-likeness (QED) is 0.888. The first-order valence-electron chi connectivity index (χ1n) is 7.20. The first-order chi connectivity index (χ1) is 9.24. The number of piperidine rings is 1. The van der Waals surface area contributed by atoms with Crippen molar-refractivity contribution in [3.05, 3.63) is 36.0 Å². The molecule has 2 unspecified atom stereocenters. The summed E-state index contributed by atoms with van der Waals surface area (Å²) >= 11 is 0. The molecule has 0 radical (unpaired) electrons. The Bertz CT molecular complexity index is 548. The zero-order chi connectivity index (χ0) is 13.2. The van der Waals surface area contributed by atoms with Gasteiger partial charge in [0.25, 0.3) is 0 Å². The van der Waals surface area contributed by atoms with E-state index in [1.165, 1.54) is 12.8 Å². The average Bonchev–Trinajstić information content (AvgIpc) is 2.82. The molecule has 0 spiro atoms. The molecular formula is C16H22N2O. The number of likely N-dealkylation sites (tertiary alicyclic amines) is 1. The lowest BCUT2D eigenvalue weighted by Crippen LogP contribution is -2.37. The first-order valence-corrected chi connectivity index (χ1v) is 7.20. The number of aliphatic hydroxyl groups excluding tert-OH is 1. The van der Waals surface area contributed by atoms with Crippen LogP contribution in [-0.4, -0.2) is 34.6 Å². The highest BCUT2D eigenvalue weighted by Crippen LogP contribution is 2.26. The second kappa shape index (κ2) is 5.35. The van der Waals surface area contributed by atoms with Gasteiger partial charge in [-0.15, -0.1) is 0 Å². The number of nitrogens with zero attached hydrogens (tertiary/aromatic N) is 1. The number of β-amino-alcohol motifs (C(OH)–C–C–N with tert-alkyl or cyclic N) is 1. The number of hydrogen-bond donors (Lipinski definition) is 2. The summed E-state index contributed by atoms with van der Waals surface area (Å²) in [5.74, 6) is 0.754. The van der Waals surface area contributed by atoms with Gasteiger partial charge in [-0.1, -0.05) is 25.1 Å². The second-order valence-electron chi connectivity index (χ2n) is 5.81. The van der Waals surface area contributed by atoms with Crippen molar-refractivity contribution in [1.29, 1.82) is 0 Å². The van der Waals surface area contributed by atoms with E-state index >= 15 is 0 Å². The summed E-state index contributed by atoms with van der Waals surface area (Å²) in [5, 5.41) is 11.6. The molecule has 2 N–H and O–H groups in total. The zero-order valence-electron chi connectivity index (χ0n) is 11.5. The summed E-state index contributed by atoms with van der Waals surface area (Å²) in [6, 6.07) is 8.16. The summed E-state index contributed by atoms with van der Waals surface area (Å²) in [6.45, 7) is 5.26. The number of nitrogens with one attached hydrogen (secondary N) is 1. The number of aromatic nitrogens is 1. The van der Waals surface area contributed by atoms with Crippen molar-refractivity contribution in [2.75, 3.05) is 19.6 Å². The molecule has 3 rings (SSSR count). The third-order valence-corrected chi connectivity index (χ3v) is 4.15. The molecule has 2 atom stereocenters. The van der Waals surface area contributed by atoms with Gasteiger partial charge < -0.3 is 15.0 Å². The SMILES string of the molecule is CC1CCCN(CC(O)c2c[nH]c3ccccc23)C1. The summed E-state index contributed by atoms with van der Waals surface area (Å²) in [7, 11) is 0. The number of para-hydroxylation sites is 1. The number of aliphatic hydroxyl groups is 1. The number of benzene rings is 1. The number of hydrogen-bond acceptors (Lipinski definition) is 2. The third kappa shape index (κ3) is 2.67. The Balaban J connectivity index is 1.74. The van der Waals surface area contributed by atoms with Crippen LogP contribution in [0.25, 0.3) is 10.9 Å². The summed E-state index contributed by atoms with van der Waals surface area (Å²) in [4.78, 5) is 5.63. The smallest absolute Gasteiger partial charge is 0.0937 e. The molecule has 0 bridgehead atoms. The van der Waals surface area contributed by atoms with E-state index in [2.05, 4.69) is 28.9 Å². The lowest BCUT2D eigenvalue weighted by molar-refractivity contribution is 0.0884. The van der Waals surface area contributed by atoms with Gasteiger partial charge in [-0.3, -0.25) is 0 Å². The molecule has 3 heteroatoms. The molecule has 1 aliphatic rings. The molecule has 1 fully saturated rings. The van der Waals surface area contributed by atoms with E-state index in [1.807, 2.05) is 18.3 Å². The third-order valence-electron chi connectivity index (χ3n) is 4.15. The lowest BCUT2D eigenvalue weighted by Gasteiger charge is -2.32. The van der Waals surface area contributed by atoms with Crippen LogP contribution < -0.4 is 0 Å². The minimum Gasteiger partial charge on any atom is -0.387 e. The van der Waals surface area contributed by atoms with E-state index in [0.717, 1.165) is 42.0 Å². The fourth-order valence-corrected chi connectivity index (χ4v) is 3.17. The van der Waals surface area contributed by atoms with E-state index in [-0.39, 0.29) is 0 Å². The first kappa shape index (κ1) is 12.7. The van der Waals surface area contributed by atoms with Crippen LogP contribution in [0.2, 0.25) is 0 Å². The highest BCUT2D eigenvalue weighted by atomic mass is 16.3. The number of fused-ring (bicyclic) bond motifs is 1. The predicted octanol–water partition coefficient (Wildman–Crippen LogP) is 2.93. The topological polar surface area (TPSA) is 39.3 Å². The highest BCUT2D eigenvalue weighted by Gasteiger charge is 2.21. The van der Waals surface area contributed by atoms with Gasteiger partial charge in [0.2, 0.25) is 0 Å². The van der Waals surface area contributed by atoms with Crippen LogP contribution in [-0.2, 0) is 0 Å². The van der Waals surface area contributed by atoms with Gasteiger partial charge in [0.1, 0.15) is 0 Å². The Morgan fingerprint density at radius 3 is 3.11 bits per heavy atom. The van der Waals surface area contributed by atoms with Crippen molar-refractivity contribution in [3.63, 3.8) is 0 Å². The summed E-state index contributed by atoms with van der Waals surface area (Å²) in [5.41, 5.74) is 2.12. The Morgan fingerprint density at radius 2 is 2.26 bits per heavy atom. The second-order valence-corrected chi connectivity index (χ2v) is 5.81. The molecule has 2 aromatic rings. The predicted molar refractivity (Wildman–Crippen MR) is 78.1 cm³/mol. The highest BCUT2D eigenvalue weighted by molar-refractivity contribution is 5.83. The van der Waals surface area contributed by atoms with E-state index in [9.17, 15) is 5.11 Å². The monoisotopic (exact) mass is 258 g/mol. The number of H-pyrrole nitrogens is 1. The lowest BCUT2D eigenvalue weighted by atomic mass is 9.99. The molecule has 3 nitrogen and oxygen atoms in total. The molecule has 2 heterocycles. The van der Waals surface area contributed by atoms with Crippen molar-refractivity contribution in [2.24, 2.45) is 5.92 Å². The largest absolute Gasteiger partial charge is 0.387 e. The molecular weight excluding hydrogens is 236 g/mol. The Labute approximate surface area is 114 Å². The maximum absolute atomic E-state index is 10.5. The minimum atomic E-state index is -0.401. The average molecular weight is 258 g/mol. The van der Waals surface area contributed by atoms with E-state index < -0.39 is 6.10 Å². The van der Waals surface area contributed by atoms with Crippen LogP contribution in [0.5, 0.6) is 0 Å². The number of rotatable bonds is 3. The molecule has 1 aromatic heterocycles. The van der Waals surface area contributed by atoms with Crippen molar-refractivity contribution in [1.82, 2.24) is 9.88 Å². The Kier molecular flexibility index (Phi) is 3.58. The molecule has 0 aliphatic carbocycles. The molecule has 1 aromatic carbocycles. The van der Waals surface area contributed by atoms with Gasteiger partial charge in [-0.2, -0.15) is 0 Å². The summed E-state index contributed by atoms with van der Waals surface area (Å²) < 4.78 is 0. The Morgan fingerprint density at radius 1 is 1.42 bits per heavy atom. The van der Waals surface area contributed by atoms with Crippen LogP contribution in [0.3, 0.4) is 0 Å². The van der Waals surface area contributed by atoms with E-state index in [0.29, 0.717) is 0 Å². The summed E-state index contributed by atoms with van der Waals surface area (Å²) in [6.07, 6.45) is 4.12. The van der Waals surface area contributed by atoms with Gasteiger partial charge in [-0.25, -0.2) is 0 Å². The van der Waals surface area contributed by atoms with Crippen LogP contribution in [0.1, 0.15) is 31.4 Å². The van der Waals surface area contributed by atoms with Crippen molar-refractivity contribution in [3.8, 4) is 0 Å². The molecule has 102 valence electrons. The maximum atomic E-state index is 10.5. The molecule has 0 saturated carbocycles. The Hall–Kier alpha value is -1.32. The van der Waals surface area contributed by atoms with Gasteiger partial charge in [0, 0.05) is 35.8 Å². The van der Waals surface area contributed by atoms with Crippen LogP contribution >= 0.6 is 0 Å². The van der Waals surface area contributed by atoms with Crippen molar-refractivity contribution >= 4 is 10.9 Å². The standard InChI is InChI=1S/C16H22N2O/c1-12-5-4-8-18(10-12)11-16(19)14-9-17-15-7-3-2-6-13(14)15/h2-3,6-7,9,12,16-17,19H,4-5,8,10-11H2,1H3. The maximum Gasteiger partial charge on any atom is 0.0937 e.